The van der Waals surface area contributed by atoms with Crippen molar-refractivity contribution in [3.05, 3.63) is 24.3 Å². The molecule has 0 radical (unpaired) electrons. The highest BCUT2D eigenvalue weighted by Gasteiger charge is 2.23. The molecule has 24 heavy (non-hydrogen) atoms. The highest BCUT2D eigenvalue weighted by Crippen LogP contribution is 2.21. The molecule has 0 aliphatic rings. The number of benzene rings is 1. The summed E-state index contributed by atoms with van der Waals surface area (Å²) in [6.07, 6.45) is 8.65. The summed E-state index contributed by atoms with van der Waals surface area (Å²) in [7, 11) is -1.84. The average molecular weight is 356 g/mol. The van der Waals surface area contributed by atoms with Crippen LogP contribution in [0.15, 0.2) is 29.2 Å². The highest BCUT2D eigenvalue weighted by atomic mass is 32.2. The van der Waals surface area contributed by atoms with E-state index in [1.54, 1.807) is 35.7 Å². The zero-order valence-electron chi connectivity index (χ0n) is 15.5. The van der Waals surface area contributed by atoms with Gasteiger partial charge in [0.2, 0.25) is 10.0 Å². The van der Waals surface area contributed by atoms with Crippen molar-refractivity contribution in [2.24, 2.45) is 0 Å². The first kappa shape index (κ1) is 21.0. The van der Waals surface area contributed by atoms with Crippen LogP contribution < -0.4 is 4.74 Å². The number of hydrogen-bond donors (Lipinski definition) is 0. The van der Waals surface area contributed by atoms with Crippen LogP contribution in [0, 0.1) is 0 Å². The Morgan fingerprint density at radius 1 is 0.833 bits per heavy atom. The molecule has 0 atom stereocenters. The number of sulfonamides is 1. The Hall–Kier alpha value is -1.07. The van der Waals surface area contributed by atoms with Gasteiger partial charge in [-0.05, 0) is 37.1 Å². The standard InChI is InChI=1S/C19H33NO3S/c1-4-6-8-10-16-20(17-11-9-7-5-2)24(21,22)19-14-12-18(23-3)13-15-19/h12-15H,4-11,16-17H2,1-3H3. The van der Waals surface area contributed by atoms with Crippen LogP contribution in [0.25, 0.3) is 0 Å². The van der Waals surface area contributed by atoms with Gasteiger partial charge in [-0.25, -0.2) is 8.42 Å². The molecule has 0 aliphatic heterocycles. The van der Waals surface area contributed by atoms with Crippen LogP contribution in [0.1, 0.15) is 65.2 Å². The topological polar surface area (TPSA) is 46.6 Å². The molecule has 1 rings (SSSR count). The fourth-order valence-electron chi connectivity index (χ4n) is 2.68. The molecule has 0 spiro atoms. The SMILES string of the molecule is CCCCCCN(CCCCCC)S(=O)(=O)c1ccc(OC)cc1. The minimum Gasteiger partial charge on any atom is -0.497 e. The first-order valence-electron chi connectivity index (χ1n) is 9.20. The molecule has 1 aromatic carbocycles. The van der Waals surface area contributed by atoms with Gasteiger partial charge in [-0.1, -0.05) is 52.4 Å². The van der Waals surface area contributed by atoms with Gasteiger partial charge in [0.05, 0.1) is 12.0 Å². The number of hydrogen-bond acceptors (Lipinski definition) is 3. The van der Waals surface area contributed by atoms with Gasteiger partial charge in [-0.15, -0.1) is 0 Å². The van der Waals surface area contributed by atoms with Crippen molar-refractivity contribution < 1.29 is 13.2 Å². The molecule has 0 aromatic heterocycles. The maximum Gasteiger partial charge on any atom is 0.243 e. The molecule has 0 N–H and O–H groups in total. The van der Waals surface area contributed by atoms with E-state index in [4.69, 9.17) is 4.74 Å². The summed E-state index contributed by atoms with van der Waals surface area (Å²) >= 11 is 0. The zero-order chi connectivity index (χ0) is 17.8. The molecule has 0 fully saturated rings. The van der Waals surface area contributed by atoms with E-state index >= 15 is 0 Å². The molecule has 4 nitrogen and oxygen atoms in total. The van der Waals surface area contributed by atoms with E-state index in [1.807, 2.05) is 0 Å². The van der Waals surface area contributed by atoms with Gasteiger partial charge in [0.25, 0.3) is 0 Å². The third-order valence-electron chi connectivity index (χ3n) is 4.22. The Morgan fingerprint density at radius 3 is 1.75 bits per heavy atom. The number of rotatable bonds is 13. The number of unbranched alkanes of at least 4 members (excludes halogenated alkanes) is 6. The molecule has 1 aromatic rings. The normalized spacial score (nSPS) is 11.8. The van der Waals surface area contributed by atoms with Crippen molar-refractivity contribution in [2.45, 2.75) is 70.1 Å². The molecule has 0 saturated heterocycles. The van der Waals surface area contributed by atoms with E-state index in [1.165, 1.54) is 0 Å². The Labute approximate surface area is 148 Å². The molecule has 0 bridgehead atoms. The van der Waals surface area contributed by atoms with Gasteiger partial charge < -0.3 is 4.74 Å². The summed E-state index contributed by atoms with van der Waals surface area (Å²) in [6.45, 7) is 5.55. The van der Waals surface area contributed by atoms with Gasteiger partial charge in [0.1, 0.15) is 5.75 Å². The smallest absolute Gasteiger partial charge is 0.243 e. The summed E-state index contributed by atoms with van der Waals surface area (Å²) < 4.78 is 32.7. The lowest BCUT2D eigenvalue weighted by atomic mass is 10.2. The minimum atomic E-state index is -3.42. The van der Waals surface area contributed by atoms with Gasteiger partial charge in [0.15, 0.2) is 0 Å². The minimum absolute atomic E-state index is 0.356. The first-order chi connectivity index (χ1) is 11.6. The van der Waals surface area contributed by atoms with Gasteiger partial charge in [-0.3, -0.25) is 0 Å². The summed E-state index contributed by atoms with van der Waals surface area (Å²) in [5, 5.41) is 0. The lowest BCUT2D eigenvalue weighted by Crippen LogP contribution is -2.33. The lowest BCUT2D eigenvalue weighted by Gasteiger charge is -2.22. The fourth-order valence-corrected chi connectivity index (χ4v) is 4.20. The molecule has 138 valence electrons. The fraction of sp³-hybridized carbons (Fsp3) is 0.684. The van der Waals surface area contributed by atoms with Gasteiger partial charge in [-0.2, -0.15) is 4.31 Å². The van der Waals surface area contributed by atoms with Gasteiger partial charge >= 0.3 is 0 Å². The molecule has 0 unspecified atom stereocenters. The van der Waals surface area contributed by atoms with Gasteiger partial charge in [0, 0.05) is 13.1 Å². The maximum atomic E-state index is 12.9. The maximum absolute atomic E-state index is 12.9. The van der Waals surface area contributed by atoms with E-state index in [0.717, 1.165) is 51.4 Å². The second-order valence-electron chi connectivity index (χ2n) is 6.20. The van der Waals surface area contributed by atoms with Crippen LogP contribution in [0.4, 0.5) is 0 Å². The molecule has 0 saturated carbocycles. The van der Waals surface area contributed by atoms with Crippen LogP contribution in [-0.4, -0.2) is 32.9 Å². The predicted molar refractivity (Wildman–Crippen MR) is 100 cm³/mol. The Bertz CT molecular complexity index is 528. The van der Waals surface area contributed by atoms with Crippen LogP contribution in [0.5, 0.6) is 5.75 Å². The van der Waals surface area contributed by atoms with Crippen molar-refractivity contribution in [1.29, 1.82) is 0 Å². The van der Waals surface area contributed by atoms with Crippen LogP contribution in [0.3, 0.4) is 0 Å². The molecule has 0 amide bonds. The van der Waals surface area contributed by atoms with E-state index in [9.17, 15) is 8.42 Å². The summed E-state index contributed by atoms with van der Waals surface area (Å²) in [6, 6.07) is 6.69. The Morgan fingerprint density at radius 2 is 1.33 bits per heavy atom. The van der Waals surface area contributed by atoms with Crippen molar-refractivity contribution in [2.75, 3.05) is 20.2 Å². The van der Waals surface area contributed by atoms with Crippen LogP contribution in [0.2, 0.25) is 0 Å². The first-order valence-corrected chi connectivity index (χ1v) is 10.6. The Balaban J connectivity index is 2.79. The van der Waals surface area contributed by atoms with Crippen molar-refractivity contribution >= 4 is 10.0 Å². The molecule has 0 heterocycles. The molecular weight excluding hydrogens is 322 g/mol. The molecular formula is C19H33NO3S. The lowest BCUT2D eigenvalue weighted by molar-refractivity contribution is 0.385. The zero-order valence-corrected chi connectivity index (χ0v) is 16.3. The van der Waals surface area contributed by atoms with E-state index in [0.29, 0.717) is 23.7 Å². The van der Waals surface area contributed by atoms with Crippen molar-refractivity contribution in [3.8, 4) is 5.75 Å². The second-order valence-corrected chi connectivity index (χ2v) is 8.14. The van der Waals surface area contributed by atoms with Crippen molar-refractivity contribution in [1.82, 2.24) is 4.31 Å². The summed E-state index contributed by atoms with van der Waals surface area (Å²) in [4.78, 5) is 0.356. The summed E-state index contributed by atoms with van der Waals surface area (Å²) in [5.74, 6) is 0.673. The number of ether oxygens (including phenoxy) is 1. The largest absolute Gasteiger partial charge is 0.497 e. The van der Waals surface area contributed by atoms with Crippen LogP contribution >= 0.6 is 0 Å². The monoisotopic (exact) mass is 355 g/mol. The highest BCUT2D eigenvalue weighted by molar-refractivity contribution is 7.89. The van der Waals surface area contributed by atoms with E-state index < -0.39 is 10.0 Å². The summed E-state index contributed by atoms with van der Waals surface area (Å²) in [5.41, 5.74) is 0. The third-order valence-corrected chi connectivity index (χ3v) is 6.13. The third kappa shape index (κ3) is 6.81. The predicted octanol–water partition coefficient (Wildman–Crippen LogP) is 4.85. The van der Waals surface area contributed by atoms with Crippen LogP contribution in [-0.2, 0) is 10.0 Å². The number of methoxy groups -OCH3 is 1. The average Bonchev–Trinajstić information content (AvgIpc) is 2.60. The molecule has 0 aliphatic carbocycles. The Kier molecular flexibility index (Phi) is 10.0. The quantitative estimate of drug-likeness (QED) is 0.475. The second kappa shape index (κ2) is 11.5. The van der Waals surface area contributed by atoms with E-state index in [2.05, 4.69) is 13.8 Å². The van der Waals surface area contributed by atoms with Crippen molar-refractivity contribution in [3.63, 3.8) is 0 Å². The molecule has 5 heteroatoms. The van der Waals surface area contributed by atoms with E-state index in [-0.39, 0.29) is 0 Å². The number of nitrogens with zero attached hydrogens (tertiary/aromatic N) is 1.